The first-order valence-electron chi connectivity index (χ1n) is 7.12. The van der Waals surface area contributed by atoms with Crippen molar-refractivity contribution >= 4 is 0 Å². The molecule has 0 aliphatic carbocycles. The molecule has 0 bridgehead atoms. The first kappa shape index (κ1) is 17.1. The minimum atomic E-state index is -0.0528. The van der Waals surface area contributed by atoms with Gasteiger partial charge in [0.2, 0.25) is 0 Å². The Labute approximate surface area is 122 Å². The summed E-state index contributed by atoms with van der Waals surface area (Å²) in [6, 6.07) is 10.5. The molecule has 0 aromatic heterocycles. The van der Waals surface area contributed by atoms with E-state index in [0.717, 1.165) is 32.8 Å². The van der Waals surface area contributed by atoms with Crippen molar-refractivity contribution in [2.24, 2.45) is 5.73 Å². The number of hydrogen-bond donors (Lipinski definition) is 1. The number of nitrogens with two attached hydrogens (primary N) is 1. The third-order valence-corrected chi connectivity index (χ3v) is 3.72. The fourth-order valence-electron chi connectivity index (χ4n) is 2.32. The standard InChI is InChI=1S/C16H28N2O2/c1-16(13-17,15-7-5-4-6-8-15)14-18(9-11-19-2)10-12-20-3/h4-8H,9-14,17H2,1-3H3. The van der Waals surface area contributed by atoms with Gasteiger partial charge in [-0.25, -0.2) is 0 Å². The van der Waals surface area contributed by atoms with Crippen molar-refractivity contribution in [1.29, 1.82) is 0 Å². The molecule has 0 radical (unpaired) electrons. The van der Waals surface area contributed by atoms with Crippen LogP contribution in [-0.4, -0.2) is 58.5 Å². The summed E-state index contributed by atoms with van der Waals surface area (Å²) in [4.78, 5) is 2.35. The minimum Gasteiger partial charge on any atom is -0.383 e. The maximum absolute atomic E-state index is 6.06. The highest BCUT2D eigenvalue weighted by Gasteiger charge is 2.27. The SMILES string of the molecule is COCCN(CCOC)CC(C)(CN)c1ccccc1. The number of methoxy groups -OCH3 is 2. The Kier molecular flexibility index (Phi) is 7.77. The zero-order chi connectivity index (χ0) is 14.8. The van der Waals surface area contributed by atoms with Gasteiger partial charge in [-0.15, -0.1) is 0 Å². The third-order valence-electron chi connectivity index (χ3n) is 3.72. The Morgan fingerprint density at radius 2 is 1.60 bits per heavy atom. The quantitative estimate of drug-likeness (QED) is 0.705. The van der Waals surface area contributed by atoms with E-state index in [9.17, 15) is 0 Å². The Bertz CT molecular complexity index is 351. The fourth-order valence-corrected chi connectivity index (χ4v) is 2.32. The molecule has 114 valence electrons. The molecular formula is C16H28N2O2. The Morgan fingerprint density at radius 3 is 2.05 bits per heavy atom. The Morgan fingerprint density at radius 1 is 1.05 bits per heavy atom. The summed E-state index contributed by atoms with van der Waals surface area (Å²) in [6.07, 6.45) is 0. The second kappa shape index (κ2) is 9.08. The zero-order valence-corrected chi connectivity index (χ0v) is 13.0. The van der Waals surface area contributed by atoms with Crippen molar-refractivity contribution in [2.45, 2.75) is 12.3 Å². The van der Waals surface area contributed by atoms with Crippen LogP contribution in [0.3, 0.4) is 0 Å². The fraction of sp³-hybridized carbons (Fsp3) is 0.625. The van der Waals surface area contributed by atoms with Gasteiger partial charge in [-0.05, 0) is 5.56 Å². The molecule has 0 saturated heterocycles. The lowest BCUT2D eigenvalue weighted by molar-refractivity contribution is 0.101. The molecule has 0 aliphatic rings. The Hall–Kier alpha value is -0.940. The molecule has 1 rings (SSSR count). The van der Waals surface area contributed by atoms with Crippen molar-refractivity contribution < 1.29 is 9.47 Å². The molecule has 1 aromatic carbocycles. The van der Waals surface area contributed by atoms with E-state index in [2.05, 4.69) is 36.1 Å². The average molecular weight is 280 g/mol. The molecule has 0 spiro atoms. The van der Waals surface area contributed by atoms with Gasteiger partial charge in [0.15, 0.2) is 0 Å². The van der Waals surface area contributed by atoms with E-state index in [1.54, 1.807) is 14.2 Å². The van der Waals surface area contributed by atoms with Gasteiger partial charge in [0.05, 0.1) is 13.2 Å². The molecule has 4 heteroatoms. The summed E-state index contributed by atoms with van der Waals surface area (Å²) in [5.41, 5.74) is 7.28. The van der Waals surface area contributed by atoms with Crippen molar-refractivity contribution in [3.8, 4) is 0 Å². The second-order valence-corrected chi connectivity index (χ2v) is 5.39. The number of rotatable bonds is 10. The van der Waals surface area contributed by atoms with E-state index < -0.39 is 0 Å². The van der Waals surface area contributed by atoms with Crippen LogP contribution in [0.25, 0.3) is 0 Å². The second-order valence-electron chi connectivity index (χ2n) is 5.39. The molecule has 0 aliphatic heterocycles. The van der Waals surface area contributed by atoms with E-state index in [0.29, 0.717) is 6.54 Å². The molecule has 4 nitrogen and oxygen atoms in total. The summed E-state index contributed by atoms with van der Waals surface area (Å²) in [5, 5.41) is 0. The molecule has 2 N–H and O–H groups in total. The molecule has 20 heavy (non-hydrogen) atoms. The van der Waals surface area contributed by atoms with Crippen LogP contribution in [0.15, 0.2) is 30.3 Å². The van der Waals surface area contributed by atoms with Crippen LogP contribution in [0, 0.1) is 0 Å². The average Bonchev–Trinajstić information content (AvgIpc) is 2.50. The molecule has 0 amide bonds. The number of hydrogen-bond acceptors (Lipinski definition) is 4. The van der Waals surface area contributed by atoms with Gasteiger partial charge in [-0.3, -0.25) is 4.90 Å². The molecule has 0 saturated carbocycles. The summed E-state index contributed by atoms with van der Waals surface area (Å²) in [5.74, 6) is 0. The lowest BCUT2D eigenvalue weighted by Gasteiger charge is -2.35. The maximum Gasteiger partial charge on any atom is 0.0589 e. The van der Waals surface area contributed by atoms with E-state index in [-0.39, 0.29) is 5.41 Å². The summed E-state index contributed by atoms with van der Waals surface area (Å²) in [6.45, 7) is 6.96. The van der Waals surface area contributed by atoms with E-state index in [1.807, 2.05) is 6.07 Å². The van der Waals surface area contributed by atoms with Crippen LogP contribution in [0.4, 0.5) is 0 Å². The summed E-state index contributed by atoms with van der Waals surface area (Å²) >= 11 is 0. The van der Waals surface area contributed by atoms with Gasteiger partial charge in [0.25, 0.3) is 0 Å². The van der Waals surface area contributed by atoms with Crippen LogP contribution in [0.1, 0.15) is 12.5 Å². The maximum atomic E-state index is 6.06. The van der Waals surface area contributed by atoms with Crippen LogP contribution in [0.2, 0.25) is 0 Å². The molecule has 1 aromatic rings. The summed E-state index contributed by atoms with van der Waals surface area (Å²) in [7, 11) is 3.46. The third kappa shape index (κ3) is 5.21. The number of ether oxygens (including phenoxy) is 2. The predicted octanol–water partition coefficient (Wildman–Crippen LogP) is 1.50. The zero-order valence-electron chi connectivity index (χ0n) is 13.0. The van der Waals surface area contributed by atoms with Crippen molar-refractivity contribution in [2.75, 3.05) is 53.6 Å². The monoisotopic (exact) mass is 280 g/mol. The van der Waals surface area contributed by atoms with Gasteiger partial charge in [-0.2, -0.15) is 0 Å². The molecule has 1 atom stereocenters. The topological polar surface area (TPSA) is 47.7 Å². The van der Waals surface area contributed by atoms with Crippen LogP contribution in [-0.2, 0) is 14.9 Å². The van der Waals surface area contributed by atoms with Crippen LogP contribution in [0.5, 0.6) is 0 Å². The van der Waals surface area contributed by atoms with Crippen LogP contribution < -0.4 is 5.73 Å². The molecule has 1 unspecified atom stereocenters. The first-order chi connectivity index (χ1) is 9.66. The van der Waals surface area contributed by atoms with E-state index in [1.165, 1.54) is 5.56 Å². The normalized spacial score (nSPS) is 14.4. The number of nitrogens with zero attached hydrogens (tertiary/aromatic N) is 1. The van der Waals surface area contributed by atoms with Gasteiger partial charge in [0, 0.05) is 45.8 Å². The van der Waals surface area contributed by atoms with Crippen molar-refractivity contribution in [3.05, 3.63) is 35.9 Å². The number of benzene rings is 1. The van der Waals surface area contributed by atoms with Crippen LogP contribution >= 0.6 is 0 Å². The largest absolute Gasteiger partial charge is 0.383 e. The first-order valence-corrected chi connectivity index (χ1v) is 7.12. The van der Waals surface area contributed by atoms with Crippen molar-refractivity contribution in [3.63, 3.8) is 0 Å². The van der Waals surface area contributed by atoms with E-state index in [4.69, 9.17) is 15.2 Å². The molecule has 0 fully saturated rings. The van der Waals surface area contributed by atoms with Gasteiger partial charge < -0.3 is 15.2 Å². The lowest BCUT2D eigenvalue weighted by atomic mass is 9.82. The van der Waals surface area contributed by atoms with Gasteiger partial charge >= 0.3 is 0 Å². The molecular weight excluding hydrogens is 252 g/mol. The van der Waals surface area contributed by atoms with E-state index >= 15 is 0 Å². The summed E-state index contributed by atoms with van der Waals surface area (Å²) < 4.78 is 10.4. The minimum absolute atomic E-state index is 0.0528. The Balaban J connectivity index is 2.75. The highest BCUT2D eigenvalue weighted by atomic mass is 16.5. The predicted molar refractivity (Wildman–Crippen MR) is 83.0 cm³/mol. The van der Waals surface area contributed by atoms with Gasteiger partial charge in [-0.1, -0.05) is 37.3 Å². The smallest absolute Gasteiger partial charge is 0.0589 e. The van der Waals surface area contributed by atoms with Crippen molar-refractivity contribution in [1.82, 2.24) is 4.90 Å². The van der Waals surface area contributed by atoms with Gasteiger partial charge in [0.1, 0.15) is 0 Å². The molecule has 0 heterocycles. The lowest BCUT2D eigenvalue weighted by Crippen LogP contribution is -2.46. The highest BCUT2D eigenvalue weighted by molar-refractivity contribution is 5.25. The highest BCUT2D eigenvalue weighted by Crippen LogP contribution is 2.23.